The van der Waals surface area contributed by atoms with Crippen LogP contribution < -0.4 is 10.2 Å². The Balaban J connectivity index is 1.51. The van der Waals surface area contributed by atoms with Crippen LogP contribution in [0, 0.1) is 13.8 Å². The first-order valence-corrected chi connectivity index (χ1v) is 9.10. The summed E-state index contributed by atoms with van der Waals surface area (Å²) in [6.45, 7) is 7.79. The number of carbonyl (C=O) groups excluding carboxylic acids is 1. The SMILES string of the molecule is Cc1noc(C)c1CN(C)C(=O)NCc1csc(N2CCOCC2)n1. The number of anilines is 1. The van der Waals surface area contributed by atoms with Crippen LogP contribution in [0.25, 0.3) is 0 Å². The van der Waals surface area contributed by atoms with E-state index >= 15 is 0 Å². The molecule has 136 valence electrons. The molecule has 0 saturated carbocycles. The maximum Gasteiger partial charge on any atom is 0.317 e. The van der Waals surface area contributed by atoms with E-state index in [0.29, 0.717) is 13.1 Å². The quantitative estimate of drug-likeness (QED) is 0.872. The van der Waals surface area contributed by atoms with E-state index in [0.717, 1.165) is 54.1 Å². The zero-order chi connectivity index (χ0) is 17.8. The van der Waals surface area contributed by atoms with Gasteiger partial charge in [0.05, 0.1) is 37.7 Å². The molecule has 1 fully saturated rings. The van der Waals surface area contributed by atoms with Crippen molar-refractivity contribution < 1.29 is 14.1 Å². The van der Waals surface area contributed by atoms with Crippen molar-refractivity contribution in [1.29, 1.82) is 0 Å². The van der Waals surface area contributed by atoms with E-state index < -0.39 is 0 Å². The molecule has 2 aromatic rings. The molecule has 0 atom stereocenters. The van der Waals surface area contributed by atoms with E-state index in [2.05, 4.69) is 20.4 Å². The number of amides is 2. The Hall–Kier alpha value is -2.13. The second-order valence-electron chi connectivity index (χ2n) is 6.04. The first kappa shape index (κ1) is 17.7. The summed E-state index contributed by atoms with van der Waals surface area (Å²) in [5.41, 5.74) is 2.62. The Morgan fingerprint density at radius 1 is 1.40 bits per heavy atom. The highest BCUT2D eigenvalue weighted by atomic mass is 32.1. The number of urea groups is 1. The number of ether oxygens (including phenoxy) is 1. The van der Waals surface area contributed by atoms with E-state index in [9.17, 15) is 4.79 Å². The lowest BCUT2D eigenvalue weighted by molar-refractivity contribution is 0.122. The number of hydrogen-bond donors (Lipinski definition) is 1. The first-order chi connectivity index (χ1) is 12.0. The molecular formula is C16H23N5O3S. The fourth-order valence-electron chi connectivity index (χ4n) is 2.62. The first-order valence-electron chi connectivity index (χ1n) is 8.22. The molecule has 0 aromatic carbocycles. The van der Waals surface area contributed by atoms with Crippen LogP contribution in [0.5, 0.6) is 0 Å². The topological polar surface area (TPSA) is 83.7 Å². The van der Waals surface area contributed by atoms with Gasteiger partial charge in [0.2, 0.25) is 0 Å². The Bertz CT molecular complexity index is 704. The van der Waals surface area contributed by atoms with E-state index in [1.165, 1.54) is 0 Å². The number of hydrogen-bond acceptors (Lipinski definition) is 7. The van der Waals surface area contributed by atoms with Gasteiger partial charge in [-0.1, -0.05) is 5.16 Å². The normalized spacial score (nSPS) is 14.6. The molecule has 0 unspecified atom stereocenters. The fourth-order valence-corrected chi connectivity index (χ4v) is 3.49. The summed E-state index contributed by atoms with van der Waals surface area (Å²) >= 11 is 1.60. The Kier molecular flexibility index (Phi) is 5.54. The van der Waals surface area contributed by atoms with Gasteiger partial charge in [0.1, 0.15) is 5.76 Å². The number of nitrogens with zero attached hydrogens (tertiary/aromatic N) is 4. The zero-order valence-electron chi connectivity index (χ0n) is 14.7. The van der Waals surface area contributed by atoms with Crippen LogP contribution in [-0.2, 0) is 17.8 Å². The predicted octanol–water partition coefficient (Wildman–Crippen LogP) is 1.93. The van der Waals surface area contributed by atoms with Gasteiger partial charge in [0, 0.05) is 31.1 Å². The summed E-state index contributed by atoms with van der Waals surface area (Å²) in [7, 11) is 1.75. The number of nitrogens with one attached hydrogen (secondary N) is 1. The maximum absolute atomic E-state index is 12.3. The van der Waals surface area contributed by atoms with Gasteiger partial charge in [0.15, 0.2) is 5.13 Å². The monoisotopic (exact) mass is 365 g/mol. The van der Waals surface area contributed by atoms with Crippen molar-refractivity contribution in [1.82, 2.24) is 20.4 Å². The molecule has 1 aliphatic heterocycles. The molecular weight excluding hydrogens is 342 g/mol. The smallest absolute Gasteiger partial charge is 0.317 e. The van der Waals surface area contributed by atoms with Crippen molar-refractivity contribution in [3.8, 4) is 0 Å². The highest BCUT2D eigenvalue weighted by molar-refractivity contribution is 7.13. The molecule has 1 saturated heterocycles. The molecule has 9 heteroatoms. The van der Waals surface area contributed by atoms with Crippen LogP contribution >= 0.6 is 11.3 Å². The van der Waals surface area contributed by atoms with Crippen LogP contribution in [-0.4, -0.2) is 54.4 Å². The number of rotatable bonds is 5. The van der Waals surface area contributed by atoms with Gasteiger partial charge in [-0.3, -0.25) is 0 Å². The van der Waals surface area contributed by atoms with Crippen LogP contribution in [0.1, 0.15) is 22.7 Å². The van der Waals surface area contributed by atoms with Gasteiger partial charge < -0.3 is 24.4 Å². The number of aromatic nitrogens is 2. The van der Waals surface area contributed by atoms with Gasteiger partial charge in [-0.05, 0) is 13.8 Å². The van der Waals surface area contributed by atoms with Gasteiger partial charge in [-0.2, -0.15) is 0 Å². The third kappa shape index (κ3) is 4.29. The van der Waals surface area contributed by atoms with Crippen molar-refractivity contribution >= 4 is 22.5 Å². The largest absolute Gasteiger partial charge is 0.378 e. The molecule has 3 heterocycles. The average molecular weight is 365 g/mol. The second-order valence-corrected chi connectivity index (χ2v) is 6.87. The number of thiazole rings is 1. The van der Waals surface area contributed by atoms with Crippen LogP contribution in [0.15, 0.2) is 9.90 Å². The molecule has 0 bridgehead atoms. The second kappa shape index (κ2) is 7.83. The summed E-state index contributed by atoms with van der Waals surface area (Å²) < 4.78 is 10.5. The van der Waals surface area contributed by atoms with E-state index in [1.54, 1.807) is 23.3 Å². The highest BCUT2D eigenvalue weighted by Crippen LogP contribution is 2.21. The summed E-state index contributed by atoms with van der Waals surface area (Å²) in [6, 6.07) is -0.152. The molecule has 0 radical (unpaired) electrons. The molecule has 2 amide bonds. The summed E-state index contributed by atoms with van der Waals surface area (Å²) in [5, 5.41) is 9.79. The maximum atomic E-state index is 12.3. The fraction of sp³-hybridized carbons (Fsp3) is 0.562. The predicted molar refractivity (Wildman–Crippen MR) is 94.8 cm³/mol. The van der Waals surface area contributed by atoms with Gasteiger partial charge >= 0.3 is 6.03 Å². The molecule has 1 N–H and O–H groups in total. The minimum atomic E-state index is -0.152. The van der Waals surface area contributed by atoms with Crippen LogP contribution in [0.3, 0.4) is 0 Å². The molecule has 8 nitrogen and oxygen atoms in total. The van der Waals surface area contributed by atoms with Crippen LogP contribution in [0.4, 0.5) is 9.93 Å². The van der Waals surface area contributed by atoms with Gasteiger partial charge in [-0.15, -0.1) is 11.3 Å². The summed E-state index contributed by atoms with van der Waals surface area (Å²) in [4.78, 5) is 20.7. The minimum absolute atomic E-state index is 0.152. The molecule has 3 rings (SSSR count). The lowest BCUT2D eigenvalue weighted by atomic mass is 10.2. The van der Waals surface area contributed by atoms with Gasteiger partial charge in [0.25, 0.3) is 0 Å². The lowest BCUT2D eigenvalue weighted by Crippen LogP contribution is -2.37. The van der Waals surface area contributed by atoms with Crippen molar-refractivity contribution in [3.05, 3.63) is 28.1 Å². The van der Waals surface area contributed by atoms with E-state index in [4.69, 9.17) is 9.26 Å². The molecule has 0 spiro atoms. The Morgan fingerprint density at radius 3 is 2.84 bits per heavy atom. The molecule has 25 heavy (non-hydrogen) atoms. The third-order valence-corrected chi connectivity index (χ3v) is 5.12. The van der Waals surface area contributed by atoms with E-state index in [-0.39, 0.29) is 6.03 Å². The van der Waals surface area contributed by atoms with E-state index in [1.807, 2.05) is 19.2 Å². The lowest BCUT2D eigenvalue weighted by Gasteiger charge is -2.26. The molecule has 1 aliphatic rings. The van der Waals surface area contributed by atoms with Crippen molar-refractivity contribution in [2.24, 2.45) is 0 Å². The zero-order valence-corrected chi connectivity index (χ0v) is 15.6. The average Bonchev–Trinajstić information content (AvgIpc) is 3.22. The van der Waals surface area contributed by atoms with Crippen molar-refractivity contribution in [3.63, 3.8) is 0 Å². The summed E-state index contributed by atoms with van der Waals surface area (Å²) in [6.07, 6.45) is 0. The highest BCUT2D eigenvalue weighted by Gasteiger charge is 2.17. The van der Waals surface area contributed by atoms with Gasteiger partial charge in [-0.25, -0.2) is 9.78 Å². The third-order valence-electron chi connectivity index (χ3n) is 4.17. The minimum Gasteiger partial charge on any atom is -0.378 e. The number of carbonyl (C=O) groups is 1. The number of morpholine rings is 1. The molecule has 2 aromatic heterocycles. The Labute approximate surface area is 150 Å². The van der Waals surface area contributed by atoms with Crippen molar-refractivity contribution in [2.45, 2.75) is 26.9 Å². The summed E-state index contributed by atoms with van der Waals surface area (Å²) in [5.74, 6) is 0.742. The number of aryl methyl sites for hydroxylation is 2. The Morgan fingerprint density at radius 2 is 2.16 bits per heavy atom. The van der Waals surface area contributed by atoms with Crippen molar-refractivity contribution in [2.75, 3.05) is 38.3 Å². The van der Waals surface area contributed by atoms with Crippen LogP contribution in [0.2, 0.25) is 0 Å². The standard InChI is InChI=1S/C16H23N5O3S/c1-11-14(12(2)24-19-11)9-20(3)15(22)17-8-13-10-25-16(18-13)21-4-6-23-7-5-21/h10H,4-9H2,1-3H3,(H,17,22). The molecule has 0 aliphatic carbocycles.